The summed E-state index contributed by atoms with van der Waals surface area (Å²) in [4.78, 5) is 26.8. The monoisotopic (exact) mass is 457 g/mol. The SMILES string of the molecule is COCC1=C2[C@@H](CC/C(C)=C/c3ccc(O)c(F)c3)OB(O)C[C@@H]2[C@@H]2C(=O)N(C)C(=O)[C@@H]2C1. The zero-order valence-corrected chi connectivity index (χ0v) is 19.1. The third-order valence-electron chi connectivity index (χ3n) is 7.03. The molecule has 3 aliphatic rings. The van der Waals surface area contributed by atoms with Gasteiger partial charge >= 0.3 is 7.12 Å². The third kappa shape index (κ3) is 4.49. The van der Waals surface area contributed by atoms with E-state index in [4.69, 9.17) is 9.39 Å². The molecule has 176 valence electrons. The number of hydrogen-bond donors (Lipinski definition) is 2. The van der Waals surface area contributed by atoms with Gasteiger partial charge in [0.1, 0.15) is 0 Å². The topological polar surface area (TPSA) is 96.3 Å². The first kappa shape index (κ1) is 23.7. The van der Waals surface area contributed by atoms with Crippen LogP contribution in [0.4, 0.5) is 4.39 Å². The summed E-state index contributed by atoms with van der Waals surface area (Å²) in [6.07, 6.45) is 3.35. The van der Waals surface area contributed by atoms with Crippen LogP contribution in [-0.2, 0) is 19.0 Å². The number of carbonyl (C=O) groups is 2. The molecule has 4 rings (SSSR count). The molecular weight excluding hydrogens is 428 g/mol. The highest BCUT2D eigenvalue weighted by Crippen LogP contribution is 2.50. The van der Waals surface area contributed by atoms with Crippen LogP contribution in [0, 0.1) is 23.6 Å². The van der Waals surface area contributed by atoms with Gasteiger partial charge in [-0.15, -0.1) is 0 Å². The fourth-order valence-corrected chi connectivity index (χ4v) is 5.56. The van der Waals surface area contributed by atoms with E-state index in [2.05, 4.69) is 0 Å². The number of allylic oxidation sites excluding steroid dienone is 1. The van der Waals surface area contributed by atoms with Crippen molar-refractivity contribution in [3.05, 3.63) is 46.3 Å². The summed E-state index contributed by atoms with van der Waals surface area (Å²) in [5.41, 5.74) is 3.57. The summed E-state index contributed by atoms with van der Waals surface area (Å²) in [5.74, 6) is -2.59. The van der Waals surface area contributed by atoms with E-state index in [1.807, 2.05) is 13.0 Å². The minimum Gasteiger partial charge on any atom is -0.505 e. The molecule has 1 aliphatic carbocycles. The number of phenolic OH excluding ortho intramolecular Hbond substituents is 1. The lowest BCUT2D eigenvalue weighted by Crippen LogP contribution is -2.46. The number of halogens is 1. The zero-order chi connectivity index (χ0) is 23.9. The van der Waals surface area contributed by atoms with Gasteiger partial charge in [-0.05, 0) is 67.3 Å². The van der Waals surface area contributed by atoms with Crippen molar-refractivity contribution < 1.29 is 33.5 Å². The van der Waals surface area contributed by atoms with Gasteiger partial charge in [0.2, 0.25) is 11.8 Å². The molecule has 33 heavy (non-hydrogen) atoms. The van der Waals surface area contributed by atoms with E-state index in [0.717, 1.165) is 16.7 Å². The van der Waals surface area contributed by atoms with Gasteiger partial charge in [-0.25, -0.2) is 4.39 Å². The number of fused-ring (bicyclic) bond motifs is 3. The number of hydrogen-bond acceptors (Lipinski definition) is 6. The fourth-order valence-electron chi connectivity index (χ4n) is 5.56. The standard InChI is InChI=1S/C24H29BFNO6/c1-13(8-14-5-6-19(28)18(26)9-14)4-7-20-21-15(12-32-3)10-16-22(17(21)11-25(31)33-20)24(30)27(2)23(16)29/h5-6,8-9,16-17,20,22,28,31H,4,7,10-12H2,1-3H3/b13-8+/t16-,17+,20-,22-/m1/s1. The van der Waals surface area contributed by atoms with Crippen molar-refractivity contribution in [1.29, 1.82) is 0 Å². The maximum Gasteiger partial charge on any atom is 0.455 e. The molecule has 2 fully saturated rings. The smallest absolute Gasteiger partial charge is 0.455 e. The zero-order valence-electron chi connectivity index (χ0n) is 19.1. The first-order valence-corrected chi connectivity index (χ1v) is 11.2. The van der Waals surface area contributed by atoms with Gasteiger partial charge in [0.05, 0.1) is 24.5 Å². The molecule has 0 aromatic heterocycles. The van der Waals surface area contributed by atoms with E-state index < -0.39 is 30.9 Å². The Bertz CT molecular complexity index is 1020. The quantitative estimate of drug-likeness (QED) is 0.388. The Morgan fingerprint density at radius 2 is 2.09 bits per heavy atom. The lowest BCUT2D eigenvalue weighted by molar-refractivity contribution is -0.138. The van der Waals surface area contributed by atoms with E-state index >= 15 is 0 Å². The second kappa shape index (κ2) is 9.40. The second-order valence-corrected chi connectivity index (χ2v) is 9.23. The Morgan fingerprint density at radius 3 is 2.79 bits per heavy atom. The molecular formula is C24H29BFNO6. The summed E-state index contributed by atoms with van der Waals surface area (Å²) in [7, 11) is 2.10. The van der Waals surface area contributed by atoms with Crippen LogP contribution >= 0.6 is 0 Å². The summed E-state index contributed by atoms with van der Waals surface area (Å²) in [5, 5.41) is 19.8. The predicted molar refractivity (Wildman–Crippen MR) is 120 cm³/mol. The summed E-state index contributed by atoms with van der Waals surface area (Å²) >= 11 is 0. The molecule has 2 amide bonds. The average Bonchev–Trinajstić information content (AvgIpc) is 2.98. The van der Waals surface area contributed by atoms with Crippen LogP contribution in [0.25, 0.3) is 6.08 Å². The molecule has 0 spiro atoms. The van der Waals surface area contributed by atoms with Crippen LogP contribution in [0.3, 0.4) is 0 Å². The third-order valence-corrected chi connectivity index (χ3v) is 7.03. The Morgan fingerprint density at radius 1 is 1.33 bits per heavy atom. The van der Waals surface area contributed by atoms with Crippen molar-refractivity contribution in [2.75, 3.05) is 20.8 Å². The minimum absolute atomic E-state index is 0.171. The molecule has 1 aromatic carbocycles. The molecule has 2 N–H and O–H groups in total. The first-order valence-electron chi connectivity index (χ1n) is 11.2. The molecule has 2 aliphatic heterocycles. The molecule has 2 heterocycles. The van der Waals surface area contributed by atoms with Crippen LogP contribution < -0.4 is 0 Å². The van der Waals surface area contributed by atoms with Gasteiger partial charge in [-0.1, -0.05) is 17.7 Å². The second-order valence-electron chi connectivity index (χ2n) is 9.23. The van der Waals surface area contributed by atoms with Crippen molar-refractivity contribution in [3.63, 3.8) is 0 Å². The number of amides is 2. The lowest BCUT2D eigenvalue weighted by atomic mass is 9.58. The molecule has 0 saturated carbocycles. The maximum atomic E-state index is 13.6. The van der Waals surface area contributed by atoms with E-state index in [1.54, 1.807) is 13.2 Å². The number of ether oxygens (including phenoxy) is 1. The number of imide groups is 1. The summed E-state index contributed by atoms with van der Waals surface area (Å²) in [6, 6.07) is 4.23. The summed E-state index contributed by atoms with van der Waals surface area (Å²) < 4.78 is 25.0. The number of phenols is 1. The van der Waals surface area contributed by atoms with E-state index in [0.29, 0.717) is 31.4 Å². The van der Waals surface area contributed by atoms with Crippen LogP contribution in [-0.4, -0.2) is 60.8 Å². The van der Waals surface area contributed by atoms with Gasteiger partial charge in [-0.3, -0.25) is 14.5 Å². The normalized spacial score (nSPS) is 27.8. The van der Waals surface area contributed by atoms with Crippen LogP contribution in [0.1, 0.15) is 31.7 Å². The van der Waals surface area contributed by atoms with Gasteiger partial charge in [0.15, 0.2) is 11.6 Å². The molecule has 2 saturated heterocycles. The number of rotatable bonds is 6. The van der Waals surface area contributed by atoms with E-state index in [9.17, 15) is 24.1 Å². The highest BCUT2D eigenvalue weighted by Gasteiger charge is 2.56. The Hall–Kier alpha value is -2.49. The number of nitrogens with zero attached hydrogens (tertiary/aromatic N) is 1. The number of likely N-dealkylation sites (tertiary alicyclic amines) is 1. The minimum atomic E-state index is -1.02. The van der Waals surface area contributed by atoms with Crippen molar-refractivity contribution in [2.45, 2.75) is 38.6 Å². The molecule has 7 nitrogen and oxygen atoms in total. The number of benzene rings is 1. The number of aromatic hydroxyl groups is 1. The van der Waals surface area contributed by atoms with E-state index in [-0.39, 0.29) is 29.8 Å². The van der Waals surface area contributed by atoms with Crippen LogP contribution in [0.2, 0.25) is 6.32 Å². The predicted octanol–water partition coefficient (Wildman–Crippen LogP) is 2.79. The van der Waals surface area contributed by atoms with Gasteiger partial charge < -0.3 is 19.5 Å². The molecule has 4 atom stereocenters. The van der Waals surface area contributed by atoms with Crippen LogP contribution in [0.5, 0.6) is 5.75 Å². The van der Waals surface area contributed by atoms with Crippen molar-refractivity contribution in [1.82, 2.24) is 4.90 Å². The molecule has 9 heteroatoms. The van der Waals surface area contributed by atoms with Crippen molar-refractivity contribution in [3.8, 4) is 5.75 Å². The number of carbonyl (C=O) groups excluding carboxylic acids is 2. The Balaban J connectivity index is 1.59. The maximum absolute atomic E-state index is 13.6. The van der Waals surface area contributed by atoms with Gasteiger partial charge in [0, 0.05) is 14.2 Å². The lowest BCUT2D eigenvalue weighted by Gasteiger charge is -2.43. The number of methoxy groups -OCH3 is 1. The largest absolute Gasteiger partial charge is 0.505 e. The molecule has 0 bridgehead atoms. The summed E-state index contributed by atoms with van der Waals surface area (Å²) in [6.45, 7) is 2.27. The first-order chi connectivity index (χ1) is 15.7. The Labute approximate surface area is 193 Å². The van der Waals surface area contributed by atoms with Gasteiger partial charge in [-0.2, -0.15) is 0 Å². The van der Waals surface area contributed by atoms with Crippen molar-refractivity contribution in [2.24, 2.45) is 17.8 Å². The molecule has 0 radical (unpaired) electrons. The van der Waals surface area contributed by atoms with Crippen LogP contribution in [0.15, 0.2) is 34.9 Å². The van der Waals surface area contributed by atoms with Gasteiger partial charge in [0.25, 0.3) is 0 Å². The highest BCUT2D eigenvalue weighted by atomic mass is 19.1. The van der Waals surface area contributed by atoms with E-state index in [1.165, 1.54) is 24.1 Å². The highest BCUT2D eigenvalue weighted by molar-refractivity contribution is 6.43. The Kier molecular flexibility index (Phi) is 6.74. The molecule has 1 aromatic rings. The van der Waals surface area contributed by atoms with Crippen molar-refractivity contribution >= 4 is 25.0 Å². The fraction of sp³-hybridized carbons (Fsp3) is 0.500. The molecule has 0 unspecified atom stereocenters. The average molecular weight is 457 g/mol.